The molecule has 0 aliphatic rings. The number of rotatable bonds is 9. The lowest BCUT2D eigenvalue weighted by atomic mass is 10.1. The highest BCUT2D eigenvalue weighted by molar-refractivity contribution is 5.91. The molecule has 6 heteroatoms. The van der Waals surface area contributed by atoms with E-state index < -0.39 is 0 Å². The molecule has 0 radical (unpaired) electrons. The third kappa shape index (κ3) is 6.53. The first-order chi connectivity index (χ1) is 14.1. The molecule has 3 rings (SSSR count). The van der Waals surface area contributed by atoms with Crippen molar-refractivity contribution in [3.63, 3.8) is 0 Å². The zero-order valence-corrected chi connectivity index (χ0v) is 16.3. The Morgan fingerprint density at radius 2 is 1.59 bits per heavy atom. The van der Waals surface area contributed by atoms with Gasteiger partial charge in [0.25, 0.3) is 0 Å². The van der Waals surface area contributed by atoms with Gasteiger partial charge in [0, 0.05) is 30.1 Å². The second-order valence-corrected chi connectivity index (χ2v) is 6.70. The van der Waals surface area contributed by atoms with Crippen LogP contribution < -0.4 is 10.1 Å². The lowest BCUT2D eigenvalue weighted by Gasteiger charge is -2.09. The van der Waals surface area contributed by atoms with Gasteiger partial charge in [-0.25, -0.2) is 9.97 Å². The summed E-state index contributed by atoms with van der Waals surface area (Å²) in [5.74, 6) is 0.776. The van der Waals surface area contributed by atoms with Gasteiger partial charge in [-0.1, -0.05) is 24.3 Å². The molecular weight excluding hydrogens is 366 g/mol. The number of carbonyl (C=O) groups is 2. The maximum atomic E-state index is 12.1. The van der Waals surface area contributed by atoms with Crippen molar-refractivity contribution in [3.8, 4) is 16.9 Å². The van der Waals surface area contributed by atoms with Gasteiger partial charge >= 0.3 is 0 Å². The van der Waals surface area contributed by atoms with E-state index >= 15 is 0 Å². The van der Waals surface area contributed by atoms with Crippen molar-refractivity contribution >= 4 is 17.4 Å². The van der Waals surface area contributed by atoms with Crippen LogP contribution in [0, 0.1) is 0 Å². The number of benzene rings is 2. The fraction of sp³-hybridized carbons (Fsp3) is 0.217. The number of nitrogens with zero attached hydrogens (tertiary/aromatic N) is 2. The Hall–Kier alpha value is -3.54. The van der Waals surface area contributed by atoms with Crippen LogP contribution in [0.4, 0.5) is 5.69 Å². The van der Waals surface area contributed by atoms with E-state index in [0.29, 0.717) is 12.2 Å². The summed E-state index contributed by atoms with van der Waals surface area (Å²) in [6.07, 6.45) is 6.50. The van der Waals surface area contributed by atoms with Gasteiger partial charge in [0.2, 0.25) is 5.91 Å². The molecule has 0 fully saturated rings. The quantitative estimate of drug-likeness (QED) is 0.597. The van der Waals surface area contributed by atoms with Gasteiger partial charge in [-0.2, -0.15) is 0 Å². The molecule has 1 heterocycles. The molecule has 3 aromatic rings. The van der Waals surface area contributed by atoms with Gasteiger partial charge in [0.05, 0.1) is 13.0 Å². The molecule has 1 amide bonds. The van der Waals surface area contributed by atoms with Crippen LogP contribution in [0.1, 0.15) is 25.3 Å². The van der Waals surface area contributed by atoms with Crippen molar-refractivity contribution in [2.24, 2.45) is 0 Å². The molecule has 2 aromatic carbocycles. The van der Waals surface area contributed by atoms with Crippen LogP contribution in [0.2, 0.25) is 0 Å². The molecule has 0 spiro atoms. The lowest BCUT2D eigenvalue weighted by molar-refractivity contribution is -0.117. The maximum absolute atomic E-state index is 12.1. The number of aromatic nitrogens is 2. The van der Waals surface area contributed by atoms with Crippen LogP contribution in [0.3, 0.4) is 0 Å². The molecule has 0 saturated heterocycles. The first-order valence-electron chi connectivity index (χ1n) is 9.46. The molecule has 0 aliphatic carbocycles. The lowest BCUT2D eigenvalue weighted by Crippen LogP contribution is -2.15. The number of hydrogen-bond acceptors (Lipinski definition) is 5. The number of anilines is 1. The molecular formula is C23H23N3O3. The van der Waals surface area contributed by atoms with Crippen molar-refractivity contribution in [1.82, 2.24) is 9.97 Å². The summed E-state index contributed by atoms with van der Waals surface area (Å²) in [5, 5.41) is 2.86. The Kier molecular flexibility index (Phi) is 7.05. The second kappa shape index (κ2) is 10.1. The smallest absolute Gasteiger partial charge is 0.227 e. The predicted molar refractivity (Wildman–Crippen MR) is 112 cm³/mol. The van der Waals surface area contributed by atoms with Crippen LogP contribution in [-0.2, 0) is 16.0 Å². The van der Waals surface area contributed by atoms with Crippen LogP contribution in [0.15, 0.2) is 67.3 Å². The predicted octanol–water partition coefficient (Wildman–Crippen LogP) is 4.07. The summed E-state index contributed by atoms with van der Waals surface area (Å²) in [4.78, 5) is 31.2. The summed E-state index contributed by atoms with van der Waals surface area (Å²) in [5.41, 5.74) is 3.73. The van der Waals surface area contributed by atoms with E-state index in [1.54, 1.807) is 19.3 Å². The van der Waals surface area contributed by atoms with E-state index in [4.69, 9.17) is 4.74 Å². The summed E-state index contributed by atoms with van der Waals surface area (Å²) in [7, 11) is 0. The van der Waals surface area contributed by atoms with Gasteiger partial charge in [-0.05, 0) is 48.7 Å². The average molecular weight is 389 g/mol. The minimum atomic E-state index is -0.112. The van der Waals surface area contributed by atoms with Crippen molar-refractivity contribution < 1.29 is 14.3 Å². The number of ketones is 1. The van der Waals surface area contributed by atoms with Gasteiger partial charge < -0.3 is 14.8 Å². The number of ether oxygens (including phenoxy) is 1. The van der Waals surface area contributed by atoms with E-state index in [2.05, 4.69) is 15.3 Å². The van der Waals surface area contributed by atoms with Gasteiger partial charge in [0.15, 0.2) is 0 Å². The molecule has 1 aromatic heterocycles. The van der Waals surface area contributed by atoms with Gasteiger partial charge in [-0.3, -0.25) is 4.79 Å². The third-order valence-electron chi connectivity index (χ3n) is 4.35. The Morgan fingerprint density at radius 1 is 0.897 bits per heavy atom. The number of hydrogen-bond donors (Lipinski definition) is 1. The normalized spacial score (nSPS) is 10.4. The van der Waals surface area contributed by atoms with E-state index in [1.807, 2.05) is 48.5 Å². The highest BCUT2D eigenvalue weighted by Crippen LogP contribution is 2.20. The highest BCUT2D eigenvalue weighted by atomic mass is 16.5. The zero-order chi connectivity index (χ0) is 20.5. The zero-order valence-electron chi connectivity index (χ0n) is 16.3. The summed E-state index contributed by atoms with van der Waals surface area (Å²) in [6.45, 7) is 1.88. The van der Waals surface area contributed by atoms with E-state index in [9.17, 15) is 9.59 Å². The van der Waals surface area contributed by atoms with Crippen LogP contribution in [-0.4, -0.2) is 28.3 Å². The largest absolute Gasteiger partial charge is 0.493 e. The maximum Gasteiger partial charge on any atom is 0.227 e. The van der Waals surface area contributed by atoms with Crippen LogP contribution in [0.25, 0.3) is 11.1 Å². The Balaban J connectivity index is 1.42. The molecule has 148 valence electrons. The molecule has 0 saturated carbocycles. The average Bonchev–Trinajstić information content (AvgIpc) is 2.74. The first kappa shape index (κ1) is 20.2. The number of nitrogens with one attached hydrogen (secondary N) is 1. The fourth-order valence-corrected chi connectivity index (χ4v) is 2.75. The Bertz CT molecular complexity index is 939. The summed E-state index contributed by atoms with van der Waals surface area (Å²) in [6, 6.07) is 15.1. The SMILES string of the molecule is CC(=O)CCc1ccc(OCCC(=O)Nc2ccc(-c3cncnc3)cc2)cc1. The van der Waals surface area contributed by atoms with Crippen LogP contribution >= 0.6 is 0 Å². The third-order valence-corrected chi connectivity index (χ3v) is 4.35. The topological polar surface area (TPSA) is 81.2 Å². The molecule has 1 N–H and O–H groups in total. The van der Waals surface area contributed by atoms with Gasteiger partial charge in [0.1, 0.15) is 17.9 Å². The van der Waals surface area contributed by atoms with E-state index in [-0.39, 0.29) is 24.7 Å². The minimum absolute atomic E-state index is 0.112. The van der Waals surface area contributed by atoms with Crippen molar-refractivity contribution in [2.75, 3.05) is 11.9 Å². The first-order valence-corrected chi connectivity index (χ1v) is 9.46. The summed E-state index contributed by atoms with van der Waals surface area (Å²) >= 11 is 0. The van der Waals surface area contributed by atoms with Crippen LogP contribution in [0.5, 0.6) is 5.75 Å². The fourth-order valence-electron chi connectivity index (χ4n) is 2.75. The second-order valence-electron chi connectivity index (χ2n) is 6.70. The van der Waals surface area contributed by atoms with Gasteiger partial charge in [-0.15, -0.1) is 0 Å². The number of carbonyl (C=O) groups excluding carboxylic acids is 2. The number of aryl methyl sites for hydroxylation is 1. The number of amides is 1. The number of Topliss-reactive ketones (excluding diaryl/α,β-unsaturated/α-hetero) is 1. The van der Waals surface area contributed by atoms with Crippen molar-refractivity contribution in [2.45, 2.75) is 26.2 Å². The van der Waals surface area contributed by atoms with Crippen molar-refractivity contribution in [1.29, 1.82) is 0 Å². The summed E-state index contributed by atoms with van der Waals surface area (Å²) < 4.78 is 5.63. The Labute approximate surface area is 170 Å². The molecule has 0 atom stereocenters. The minimum Gasteiger partial charge on any atom is -0.493 e. The highest BCUT2D eigenvalue weighted by Gasteiger charge is 2.05. The molecule has 0 aliphatic heterocycles. The monoisotopic (exact) mass is 389 g/mol. The van der Waals surface area contributed by atoms with E-state index in [1.165, 1.54) is 6.33 Å². The molecule has 29 heavy (non-hydrogen) atoms. The molecule has 0 bridgehead atoms. The standard InChI is InChI=1S/C23H23N3O3/c1-17(27)2-3-18-4-10-22(11-5-18)29-13-12-23(28)26-21-8-6-19(7-9-21)20-14-24-16-25-15-20/h4-11,14-16H,2-3,12-13H2,1H3,(H,26,28). The van der Waals surface area contributed by atoms with E-state index in [0.717, 1.165) is 28.8 Å². The van der Waals surface area contributed by atoms with Crippen molar-refractivity contribution in [3.05, 3.63) is 72.8 Å². The Morgan fingerprint density at radius 3 is 2.24 bits per heavy atom. The molecule has 6 nitrogen and oxygen atoms in total. The molecule has 0 unspecified atom stereocenters.